The van der Waals surface area contributed by atoms with E-state index in [0.717, 1.165) is 18.2 Å². The Balaban J connectivity index is 2.98. The van der Waals surface area contributed by atoms with E-state index in [0.29, 0.717) is 0 Å². The van der Waals surface area contributed by atoms with E-state index in [9.17, 15) is 18.5 Å². The first kappa shape index (κ1) is 10.8. The molecule has 0 saturated heterocycles. The van der Waals surface area contributed by atoms with Crippen molar-refractivity contribution in [3.63, 3.8) is 0 Å². The lowest BCUT2D eigenvalue weighted by Crippen LogP contribution is -2.46. The minimum atomic E-state index is -4.31. The molecule has 14 heavy (non-hydrogen) atoms. The highest BCUT2D eigenvalue weighted by atomic mass is 32.2. The van der Waals surface area contributed by atoms with Crippen LogP contribution in [0.3, 0.4) is 0 Å². The molecular weight excluding hydrogens is 212 g/mol. The second-order valence-electron chi connectivity index (χ2n) is 2.87. The lowest BCUT2D eigenvalue weighted by molar-refractivity contribution is -0.553. The first-order valence-corrected chi connectivity index (χ1v) is 5.00. The third-order valence-electron chi connectivity index (χ3n) is 1.80. The maximum Gasteiger partial charge on any atom is 0.295 e. The highest BCUT2D eigenvalue weighted by molar-refractivity contribution is 7.90. The second kappa shape index (κ2) is 3.15. The van der Waals surface area contributed by atoms with Crippen LogP contribution in [0.5, 0.6) is 0 Å². The molecule has 0 aromatic carbocycles. The van der Waals surface area contributed by atoms with E-state index in [1.165, 1.54) is 0 Å². The van der Waals surface area contributed by atoms with Crippen molar-refractivity contribution in [3.8, 4) is 0 Å². The van der Waals surface area contributed by atoms with Gasteiger partial charge in [-0.3, -0.25) is 20.4 Å². The Morgan fingerprint density at radius 2 is 2.21 bits per heavy atom. The monoisotopic (exact) mass is 220 g/mol. The van der Waals surface area contributed by atoms with Crippen molar-refractivity contribution in [2.75, 3.05) is 0 Å². The van der Waals surface area contributed by atoms with Gasteiger partial charge < -0.3 is 0 Å². The van der Waals surface area contributed by atoms with E-state index in [2.05, 4.69) is 0 Å². The van der Waals surface area contributed by atoms with Crippen LogP contribution in [0.15, 0.2) is 23.1 Å². The Hall–Kier alpha value is -1.25. The first-order valence-electron chi connectivity index (χ1n) is 3.56. The van der Waals surface area contributed by atoms with Crippen molar-refractivity contribution in [2.24, 2.45) is 5.73 Å². The summed E-state index contributed by atoms with van der Waals surface area (Å²) in [4.78, 5) is 9.32. The van der Waals surface area contributed by atoms with Crippen LogP contribution in [0.1, 0.15) is 6.42 Å². The van der Waals surface area contributed by atoms with Gasteiger partial charge in [-0.2, -0.15) is 8.42 Å². The summed E-state index contributed by atoms with van der Waals surface area (Å²) >= 11 is 0. The number of nitro groups is 1. The van der Waals surface area contributed by atoms with Crippen LogP contribution in [0.25, 0.3) is 0 Å². The molecule has 78 valence electrons. The van der Waals surface area contributed by atoms with Crippen molar-refractivity contribution in [2.45, 2.75) is 12.1 Å². The Bertz CT molecular complexity index is 424. The number of nitrogens with two attached hydrogens (primary N) is 1. The molecule has 1 unspecified atom stereocenters. The predicted octanol–water partition coefficient (Wildman–Crippen LogP) is -0.350. The van der Waals surface area contributed by atoms with Gasteiger partial charge in [0.05, 0.1) is 11.3 Å². The number of allylic oxidation sites excluding steroid dienone is 1. The van der Waals surface area contributed by atoms with Crippen molar-refractivity contribution in [1.29, 1.82) is 0 Å². The van der Waals surface area contributed by atoms with E-state index >= 15 is 0 Å². The average molecular weight is 220 g/mol. The molecule has 0 heterocycles. The van der Waals surface area contributed by atoms with Crippen molar-refractivity contribution >= 4 is 10.1 Å². The molecule has 1 rings (SSSR count). The summed E-state index contributed by atoms with van der Waals surface area (Å²) in [6.07, 6.45) is 2.60. The summed E-state index contributed by atoms with van der Waals surface area (Å²) in [5.41, 5.74) is 3.52. The highest BCUT2D eigenvalue weighted by Gasteiger charge is 2.36. The van der Waals surface area contributed by atoms with E-state index in [-0.39, 0.29) is 11.3 Å². The summed E-state index contributed by atoms with van der Waals surface area (Å²) in [7, 11) is -4.31. The molecule has 8 heteroatoms. The number of nitrogens with zero attached hydrogens (tertiary/aromatic N) is 1. The Kier molecular flexibility index (Phi) is 2.44. The molecule has 0 aliphatic heterocycles. The Labute approximate surface area is 79.8 Å². The van der Waals surface area contributed by atoms with Crippen molar-refractivity contribution in [3.05, 3.63) is 33.2 Å². The van der Waals surface area contributed by atoms with Gasteiger partial charge in [0.25, 0.3) is 15.8 Å². The topological polar surface area (TPSA) is 124 Å². The normalized spacial score (nSPS) is 27.1. The van der Waals surface area contributed by atoms with Crippen LogP contribution in [0.2, 0.25) is 0 Å². The third-order valence-corrected chi connectivity index (χ3v) is 2.70. The molecular formula is C6H8N2O5S. The molecule has 1 atom stereocenters. The number of rotatable bonds is 2. The molecule has 7 nitrogen and oxygen atoms in total. The zero-order valence-corrected chi connectivity index (χ0v) is 7.77. The summed E-state index contributed by atoms with van der Waals surface area (Å²) in [5.74, 6) is 0. The largest absolute Gasteiger partial charge is 0.295 e. The molecule has 0 aromatic heterocycles. The fourth-order valence-electron chi connectivity index (χ4n) is 0.953. The van der Waals surface area contributed by atoms with Gasteiger partial charge >= 0.3 is 0 Å². The van der Waals surface area contributed by atoms with Gasteiger partial charge in [-0.15, -0.1) is 0 Å². The van der Waals surface area contributed by atoms with E-state index in [1.54, 1.807) is 0 Å². The molecule has 0 saturated carbocycles. The zero-order valence-electron chi connectivity index (χ0n) is 6.95. The maximum atomic E-state index is 10.6. The summed E-state index contributed by atoms with van der Waals surface area (Å²) in [6.45, 7) is 0. The first-order chi connectivity index (χ1) is 6.26. The zero-order chi connectivity index (χ0) is 11.0. The van der Waals surface area contributed by atoms with Crippen molar-refractivity contribution in [1.82, 2.24) is 0 Å². The summed E-state index contributed by atoms with van der Waals surface area (Å²) in [6, 6.07) is 0. The Morgan fingerprint density at radius 3 is 2.50 bits per heavy atom. The lowest BCUT2D eigenvalue weighted by atomic mass is 10.0. The second-order valence-corrected chi connectivity index (χ2v) is 4.29. The van der Waals surface area contributed by atoms with E-state index < -0.39 is 20.7 Å². The van der Waals surface area contributed by atoms with Gasteiger partial charge in [0.1, 0.15) is 0 Å². The van der Waals surface area contributed by atoms with Crippen LogP contribution >= 0.6 is 0 Å². The third kappa shape index (κ3) is 1.97. The van der Waals surface area contributed by atoms with Gasteiger partial charge in [-0.1, -0.05) is 6.08 Å². The van der Waals surface area contributed by atoms with Crippen LogP contribution < -0.4 is 5.73 Å². The smallest absolute Gasteiger partial charge is 0.282 e. The van der Waals surface area contributed by atoms with Gasteiger partial charge in [-0.05, 0) is 6.08 Å². The SMILES string of the molecule is NC1([N+](=O)[O-])C=CC(S(=O)(=O)O)=CC1. The van der Waals surface area contributed by atoms with Crippen LogP contribution in [0, 0.1) is 10.1 Å². The van der Waals surface area contributed by atoms with E-state index in [1.807, 2.05) is 0 Å². The molecule has 0 fully saturated rings. The van der Waals surface area contributed by atoms with Crippen LogP contribution in [0.4, 0.5) is 0 Å². The summed E-state index contributed by atoms with van der Waals surface area (Å²) in [5, 5.41) is 10.4. The molecule has 0 bridgehead atoms. The predicted molar refractivity (Wildman–Crippen MR) is 47.3 cm³/mol. The molecule has 1 aliphatic carbocycles. The van der Waals surface area contributed by atoms with Crippen LogP contribution in [-0.4, -0.2) is 23.6 Å². The van der Waals surface area contributed by atoms with Gasteiger partial charge in [-0.25, -0.2) is 0 Å². The lowest BCUT2D eigenvalue weighted by Gasteiger charge is -2.17. The quantitative estimate of drug-likeness (QED) is 0.283. The molecule has 0 spiro atoms. The minimum absolute atomic E-state index is 0.272. The standard InChI is InChI=1S/C6H8N2O5S/c7-6(8(9)10)3-1-5(2-4-6)14(11,12)13/h1-3H,4,7H2,(H,11,12,13). The molecule has 3 N–H and O–H groups in total. The van der Waals surface area contributed by atoms with E-state index in [4.69, 9.17) is 10.3 Å². The minimum Gasteiger partial charge on any atom is -0.282 e. The molecule has 1 aliphatic rings. The van der Waals surface area contributed by atoms with Gasteiger partial charge in [0.2, 0.25) is 0 Å². The molecule has 0 amide bonds. The summed E-state index contributed by atoms with van der Waals surface area (Å²) < 4.78 is 29.8. The van der Waals surface area contributed by atoms with Crippen molar-refractivity contribution < 1.29 is 17.9 Å². The fourth-order valence-corrected chi connectivity index (χ4v) is 1.49. The highest BCUT2D eigenvalue weighted by Crippen LogP contribution is 2.21. The average Bonchev–Trinajstić information content (AvgIpc) is 2.03. The molecule has 0 aromatic rings. The van der Waals surface area contributed by atoms with Crippen LogP contribution in [-0.2, 0) is 10.1 Å². The Morgan fingerprint density at radius 1 is 1.64 bits per heavy atom. The van der Waals surface area contributed by atoms with Gasteiger partial charge in [0.15, 0.2) is 0 Å². The number of hydrogen-bond acceptors (Lipinski definition) is 5. The number of hydrogen-bond donors (Lipinski definition) is 2. The van der Waals surface area contributed by atoms with Gasteiger partial charge in [0, 0.05) is 11.0 Å². The fraction of sp³-hybridized carbons (Fsp3) is 0.333. The molecule has 0 radical (unpaired) electrons. The maximum absolute atomic E-state index is 10.6.